The molecule has 2 aromatic heterocycles. The zero-order chi connectivity index (χ0) is 18.0. The van der Waals surface area contributed by atoms with Crippen LogP contribution in [0.4, 0.5) is 0 Å². The Morgan fingerprint density at radius 1 is 1.28 bits per heavy atom. The molecule has 1 saturated heterocycles. The second kappa shape index (κ2) is 7.42. The summed E-state index contributed by atoms with van der Waals surface area (Å²) in [5, 5.41) is 8.54. The van der Waals surface area contributed by atoms with Crippen LogP contribution in [0, 0.1) is 27.7 Å². The molecule has 0 unspecified atom stereocenters. The van der Waals surface area contributed by atoms with Crippen molar-refractivity contribution in [2.45, 2.75) is 72.4 Å². The molecule has 25 heavy (non-hydrogen) atoms. The summed E-state index contributed by atoms with van der Waals surface area (Å²) < 4.78 is 7.24. The molecule has 0 saturated carbocycles. The molecular formula is C19H28N4O2. The van der Waals surface area contributed by atoms with E-state index in [-0.39, 0.29) is 11.9 Å². The molecule has 1 amide bonds. The minimum Gasteiger partial charge on any atom is -0.361 e. The topological polar surface area (TPSA) is 64.2 Å². The third-order valence-corrected chi connectivity index (χ3v) is 5.20. The van der Waals surface area contributed by atoms with Crippen molar-refractivity contribution < 1.29 is 9.32 Å². The van der Waals surface area contributed by atoms with Gasteiger partial charge in [-0.25, -0.2) is 0 Å². The molecule has 1 fully saturated rings. The molecule has 0 radical (unpaired) electrons. The van der Waals surface area contributed by atoms with Crippen LogP contribution in [0.25, 0.3) is 0 Å². The Labute approximate surface area is 149 Å². The molecule has 0 aliphatic carbocycles. The van der Waals surface area contributed by atoms with E-state index in [0.717, 1.165) is 54.3 Å². The molecule has 6 heteroatoms. The molecule has 2 aromatic rings. The van der Waals surface area contributed by atoms with Crippen molar-refractivity contribution in [2.75, 3.05) is 6.54 Å². The van der Waals surface area contributed by atoms with Gasteiger partial charge in [-0.15, -0.1) is 0 Å². The minimum atomic E-state index is 0.228. The number of hydrogen-bond donors (Lipinski definition) is 0. The molecule has 0 bridgehead atoms. The summed E-state index contributed by atoms with van der Waals surface area (Å²) in [6.45, 7) is 9.57. The van der Waals surface area contributed by atoms with Crippen LogP contribution in [0.2, 0.25) is 0 Å². The molecule has 0 N–H and O–H groups in total. The standard InChI is InChI=1S/C19H28N4O2/c1-13-11-14(2)23(20-13)12-17-7-5-6-10-22(17)19(24)9-8-18-15(3)21-25-16(18)4/h11,17H,5-10,12H2,1-4H3/t17-/m0/s1. The fraction of sp³-hybridized carbons (Fsp3) is 0.632. The predicted octanol–water partition coefficient (Wildman–Crippen LogP) is 3.12. The van der Waals surface area contributed by atoms with Crippen LogP contribution in [0.3, 0.4) is 0 Å². The lowest BCUT2D eigenvalue weighted by Gasteiger charge is -2.36. The maximum Gasteiger partial charge on any atom is 0.223 e. The van der Waals surface area contributed by atoms with Crippen molar-refractivity contribution in [1.29, 1.82) is 0 Å². The van der Waals surface area contributed by atoms with E-state index >= 15 is 0 Å². The second-order valence-electron chi connectivity index (χ2n) is 7.15. The van der Waals surface area contributed by atoms with Gasteiger partial charge in [-0.3, -0.25) is 9.48 Å². The molecule has 0 aromatic carbocycles. The van der Waals surface area contributed by atoms with Crippen LogP contribution in [-0.4, -0.2) is 38.3 Å². The van der Waals surface area contributed by atoms with Crippen molar-refractivity contribution in [1.82, 2.24) is 19.8 Å². The summed E-state index contributed by atoms with van der Waals surface area (Å²) >= 11 is 0. The fourth-order valence-corrected chi connectivity index (χ4v) is 3.81. The van der Waals surface area contributed by atoms with Crippen LogP contribution in [-0.2, 0) is 17.8 Å². The van der Waals surface area contributed by atoms with Gasteiger partial charge < -0.3 is 9.42 Å². The molecule has 1 aliphatic heterocycles. The third kappa shape index (κ3) is 3.94. The fourth-order valence-electron chi connectivity index (χ4n) is 3.81. The van der Waals surface area contributed by atoms with Gasteiger partial charge in [0.2, 0.25) is 5.91 Å². The number of hydrogen-bond acceptors (Lipinski definition) is 4. The second-order valence-corrected chi connectivity index (χ2v) is 7.15. The number of aryl methyl sites for hydroxylation is 4. The Kier molecular flexibility index (Phi) is 5.25. The summed E-state index contributed by atoms with van der Waals surface area (Å²) in [5.41, 5.74) is 4.15. The van der Waals surface area contributed by atoms with E-state index in [9.17, 15) is 4.79 Å². The average Bonchev–Trinajstić information content (AvgIpc) is 3.07. The van der Waals surface area contributed by atoms with E-state index < -0.39 is 0 Å². The summed E-state index contributed by atoms with van der Waals surface area (Å²) in [6, 6.07) is 2.33. The quantitative estimate of drug-likeness (QED) is 0.836. The van der Waals surface area contributed by atoms with Gasteiger partial charge in [-0.2, -0.15) is 5.10 Å². The van der Waals surface area contributed by atoms with Crippen LogP contribution in [0.5, 0.6) is 0 Å². The number of carbonyl (C=O) groups is 1. The molecule has 3 heterocycles. The van der Waals surface area contributed by atoms with Gasteiger partial charge in [-0.05, 0) is 59.4 Å². The number of nitrogens with zero attached hydrogens (tertiary/aromatic N) is 4. The minimum absolute atomic E-state index is 0.228. The monoisotopic (exact) mass is 344 g/mol. The highest BCUT2D eigenvalue weighted by molar-refractivity contribution is 5.77. The zero-order valence-electron chi connectivity index (χ0n) is 15.7. The van der Waals surface area contributed by atoms with Gasteiger partial charge in [0, 0.05) is 24.2 Å². The first kappa shape index (κ1) is 17.7. The summed E-state index contributed by atoms with van der Waals surface area (Å²) in [6.07, 6.45) is 4.53. The lowest BCUT2D eigenvalue weighted by atomic mass is 10.0. The van der Waals surface area contributed by atoms with Crippen LogP contribution < -0.4 is 0 Å². The van der Waals surface area contributed by atoms with E-state index in [1.165, 1.54) is 6.42 Å². The normalized spacial score (nSPS) is 17.9. The molecule has 1 aliphatic rings. The zero-order valence-corrected chi connectivity index (χ0v) is 15.7. The number of carbonyl (C=O) groups excluding carboxylic acids is 1. The number of rotatable bonds is 5. The van der Waals surface area contributed by atoms with Gasteiger partial charge in [-0.1, -0.05) is 5.16 Å². The lowest BCUT2D eigenvalue weighted by Crippen LogP contribution is -2.46. The number of piperidine rings is 1. The Balaban J connectivity index is 1.65. The predicted molar refractivity (Wildman–Crippen MR) is 95.4 cm³/mol. The first-order chi connectivity index (χ1) is 12.0. The van der Waals surface area contributed by atoms with Crippen molar-refractivity contribution in [3.8, 4) is 0 Å². The van der Waals surface area contributed by atoms with Crippen molar-refractivity contribution in [2.24, 2.45) is 0 Å². The van der Waals surface area contributed by atoms with Crippen LogP contribution >= 0.6 is 0 Å². The van der Waals surface area contributed by atoms with E-state index in [1.807, 2.05) is 25.5 Å². The highest BCUT2D eigenvalue weighted by Gasteiger charge is 2.27. The Morgan fingerprint density at radius 2 is 2.08 bits per heavy atom. The van der Waals surface area contributed by atoms with E-state index in [4.69, 9.17) is 4.52 Å². The summed E-state index contributed by atoms with van der Waals surface area (Å²) in [4.78, 5) is 14.9. The molecule has 3 rings (SSSR count). The van der Waals surface area contributed by atoms with Gasteiger partial charge in [0.15, 0.2) is 0 Å². The number of amides is 1. The van der Waals surface area contributed by atoms with E-state index in [2.05, 4.69) is 28.1 Å². The SMILES string of the molecule is Cc1cc(C)n(C[C@@H]2CCCCN2C(=O)CCc2c(C)noc2C)n1. The average molecular weight is 344 g/mol. The van der Waals surface area contributed by atoms with Crippen molar-refractivity contribution >= 4 is 5.91 Å². The maximum atomic E-state index is 12.9. The third-order valence-electron chi connectivity index (χ3n) is 5.20. The molecule has 1 atom stereocenters. The van der Waals surface area contributed by atoms with Gasteiger partial charge in [0.05, 0.1) is 24.0 Å². The van der Waals surface area contributed by atoms with E-state index in [1.54, 1.807) is 0 Å². The summed E-state index contributed by atoms with van der Waals surface area (Å²) in [7, 11) is 0. The Hall–Kier alpha value is -2.11. The van der Waals surface area contributed by atoms with Gasteiger partial charge in [0.25, 0.3) is 0 Å². The molecule has 0 spiro atoms. The van der Waals surface area contributed by atoms with Gasteiger partial charge in [0.1, 0.15) is 5.76 Å². The lowest BCUT2D eigenvalue weighted by molar-refractivity contribution is -0.135. The number of aromatic nitrogens is 3. The first-order valence-corrected chi connectivity index (χ1v) is 9.18. The Morgan fingerprint density at radius 3 is 2.72 bits per heavy atom. The first-order valence-electron chi connectivity index (χ1n) is 9.18. The number of likely N-dealkylation sites (tertiary alicyclic amines) is 1. The van der Waals surface area contributed by atoms with Crippen molar-refractivity contribution in [3.05, 3.63) is 34.5 Å². The highest BCUT2D eigenvalue weighted by Crippen LogP contribution is 2.22. The van der Waals surface area contributed by atoms with Crippen LogP contribution in [0.15, 0.2) is 10.6 Å². The van der Waals surface area contributed by atoms with Crippen LogP contribution in [0.1, 0.15) is 54.1 Å². The van der Waals surface area contributed by atoms with Crippen molar-refractivity contribution in [3.63, 3.8) is 0 Å². The molecular weight excluding hydrogens is 316 g/mol. The van der Waals surface area contributed by atoms with Gasteiger partial charge >= 0.3 is 0 Å². The maximum absolute atomic E-state index is 12.9. The largest absolute Gasteiger partial charge is 0.361 e. The highest BCUT2D eigenvalue weighted by atomic mass is 16.5. The smallest absolute Gasteiger partial charge is 0.223 e. The summed E-state index contributed by atoms with van der Waals surface area (Å²) in [5.74, 6) is 1.05. The molecule has 6 nitrogen and oxygen atoms in total. The molecule has 136 valence electrons. The van der Waals surface area contributed by atoms with E-state index in [0.29, 0.717) is 12.8 Å². The Bertz CT molecular complexity index is 727.